The number of H-pyrrole nitrogens is 1. The first-order valence-corrected chi connectivity index (χ1v) is 7.50. The van der Waals surface area contributed by atoms with E-state index in [4.69, 9.17) is 23.2 Å². The zero-order valence-electron chi connectivity index (χ0n) is 11.6. The van der Waals surface area contributed by atoms with Gasteiger partial charge in [0.1, 0.15) is 5.69 Å². The van der Waals surface area contributed by atoms with Gasteiger partial charge in [0.15, 0.2) is 0 Å². The third-order valence-electron chi connectivity index (χ3n) is 3.67. The van der Waals surface area contributed by atoms with Crippen LogP contribution in [0.1, 0.15) is 22.6 Å². The van der Waals surface area contributed by atoms with Crippen molar-refractivity contribution < 1.29 is 4.79 Å². The summed E-state index contributed by atoms with van der Waals surface area (Å²) in [6, 6.07) is 0.134. The number of carbonyl (C=O) groups excluding carboxylic acids is 1. The molecule has 4 N–H and O–H groups in total. The van der Waals surface area contributed by atoms with Crippen molar-refractivity contribution in [2.45, 2.75) is 19.4 Å². The van der Waals surface area contributed by atoms with Crippen molar-refractivity contribution >= 4 is 29.1 Å². The Balaban J connectivity index is 2.07. The maximum absolute atomic E-state index is 12.3. The van der Waals surface area contributed by atoms with Crippen molar-refractivity contribution in [1.82, 2.24) is 20.9 Å². The summed E-state index contributed by atoms with van der Waals surface area (Å²) < 4.78 is 0. The summed E-state index contributed by atoms with van der Waals surface area (Å²) in [5, 5.41) is 10.3. The highest BCUT2D eigenvalue weighted by Gasteiger charge is 2.27. The number of hydrogen-bond acceptors (Lipinski definition) is 3. The summed E-state index contributed by atoms with van der Waals surface area (Å²) in [7, 11) is 1.92. The van der Waals surface area contributed by atoms with Crippen LogP contribution in [-0.2, 0) is 0 Å². The molecule has 20 heavy (non-hydrogen) atoms. The molecule has 0 radical (unpaired) electrons. The minimum Gasteiger partial charge on any atom is -0.352 e. The highest BCUT2D eigenvalue weighted by molar-refractivity contribution is 6.44. The predicted molar refractivity (Wildman–Crippen MR) is 81.7 cm³/mol. The molecule has 1 aliphatic rings. The van der Waals surface area contributed by atoms with E-state index in [2.05, 4.69) is 20.9 Å². The van der Waals surface area contributed by atoms with Gasteiger partial charge in [0.25, 0.3) is 5.91 Å². The molecule has 1 amide bonds. The molecule has 0 aliphatic carbocycles. The first-order chi connectivity index (χ1) is 9.54. The van der Waals surface area contributed by atoms with Crippen molar-refractivity contribution in [1.29, 1.82) is 0 Å². The fourth-order valence-corrected chi connectivity index (χ4v) is 2.97. The Kier molecular flexibility index (Phi) is 5.32. The van der Waals surface area contributed by atoms with Crippen molar-refractivity contribution in [3.05, 3.63) is 21.4 Å². The lowest BCUT2D eigenvalue weighted by Gasteiger charge is -2.32. The highest BCUT2D eigenvalue weighted by atomic mass is 35.5. The zero-order chi connectivity index (χ0) is 14.7. The molecule has 0 aromatic carbocycles. The van der Waals surface area contributed by atoms with Crippen LogP contribution in [0.2, 0.25) is 10.0 Å². The number of nitrogens with one attached hydrogen (secondary N) is 4. The number of hydrogen-bond donors (Lipinski definition) is 4. The number of amides is 1. The van der Waals surface area contributed by atoms with E-state index in [0.717, 1.165) is 26.1 Å². The summed E-state index contributed by atoms with van der Waals surface area (Å²) >= 11 is 12.1. The second-order valence-corrected chi connectivity index (χ2v) is 5.90. The maximum Gasteiger partial charge on any atom is 0.269 e. The summed E-state index contributed by atoms with van der Waals surface area (Å²) in [6.45, 7) is 4.45. The van der Waals surface area contributed by atoms with Crippen LogP contribution in [0.5, 0.6) is 0 Å². The van der Waals surface area contributed by atoms with E-state index in [-0.39, 0.29) is 11.9 Å². The van der Waals surface area contributed by atoms with Crippen LogP contribution in [0.3, 0.4) is 0 Å². The molecule has 1 aliphatic heterocycles. The number of aryl methyl sites for hydroxylation is 1. The van der Waals surface area contributed by atoms with Crippen molar-refractivity contribution in [3.63, 3.8) is 0 Å². The largest absolute Gasteiger partial charge is 0.352 e. The molecule has 2 rings (SSSR count). The Morgan fingerprint density at radius 3 is 2.75 bits per heavy atom. The second kappa shape index (κ2) is 6.80. The minimum absolute atomic E-state index is 0.134. The third-order valence-corrected chi connectivity index (χ3v) is 4.62. The highest BCUT2D eigenvalue weighted by Crippen LogP contribution is 2.29. The lowest BCUT2D eigenvalue weighted by Crippen LogP contribution is -2.52. The number of rotatable bonds is 4. The molecule has 1 aromatic rings. The SMILES string of the molecule is CNC[C@@H]1CNCC[C@@H]1NC(=O)c1[nH]c(C)c(Cl)c1Cl. The van der Waals surface area contributed by atoms with Crippen molar-refractivity contribution in [2.24, 2.45) is 5.92 Å². The van der Waals surface area contributed by atoms with Gasteiger partial charge in [-0.2, -0.15) is 0 Å². The van der Waals surface area contributed by atoms with Crippen LogP contribution in [0, 0.1) is 12.8 Å². The Hall–Kier alpha value is -0.750. The van der Waals surface area contributed by atoms with Gasteiger partial charge in [0.2, 0.25) is 0 Å². The fourth-order valence-electron chi connectivity index (χ4n) is 2.56. The normalized spacial score (nSPS) is 22.8. The van der Waals surface area contributed by atoms with Gasteiger partial charge in [0.05, 0.1) is 10.0 Å². The van der Waals surface area contributed by atoms with Gasteiger partial charge in [-0.05, 0) is 26.9 Å². The van der Waals surface area contributed by atoms with E-state index in [1.807, 2.05) is 7.05 Å². The number of halogens is 2. The molecule has 0 bridgehead atoms. The smallest absolute Gasteiger partial charge is 0.269 e. The average Bonchev–Trinajstić information content (AvgIpc) is 2.69. The molecule has 0 saturated carbocycles. The Labute approximate surface area is 128 Å². The van der Waals surface area contributed by atoms with Crippen LogP contribution >= 0.6 is 23.2 Å². The maximum atomic E-state index is 12.3. The van der Waals surface area contributed by atoms with Gasteiger partial charge in [-0.15, -0.1) is 0 Å². The molecule has 1 aromatic heterocycles. The molecule has 0 unspecified atom stereocenters. The molecular weight excluding hydrogens is 299 g/mol. The zero-order valence-corrected chi connectivity index (χ0v) is 13.2. The topological polar surface area (TPSA) is 68.9 Å². The predicted octanol–water partition coefficient (Wildman–Crippen LogP) is 1.56. The first-order valence-electron chi connectivity index (χ1n) is 6.74. The van der Waals surface area contributed by atoms with E-state index in [1.165, 1.54) is 0 Å². The first kappa shape index (κ1) is 15.6. The van der Waals surface area contributed by atoms with Crippen LogP contribution in [0.15, 0.2) is 0 Å². The van der Waals surface area contributed by atoms with Crippen molar-refractivity contribution in [2.75, 3.05) is 26.7 Å². The molecule has 0 spiro atoms. The lowest BCUT2D eigenvalue weighted by atomic mass is 9.93. The molecule has 1 saturated heterocycles. The van der Waals surface area contributed by atoms with Gasteiger partial charge < -0.3 is 20.9 Å². The van der Waals surface area contributed by atoms with Crippen molar-refractivity contribution in [3.8, 4) is 0 Å². The van der Waals surface area contributed by atoms with Gasteiger partial charge in [-0.25, -0.2) is 0 Å². The van der Waals surface area contributed by atoms with Gasteiger partial charge in [-0.1, -0.05) is 23.2 Å². The molecule has 2 heterocycles. The second-order valence-electron chi connectivity index (χ2n) is 5.14. The number of piperidine rings is 1. The van der Waals surface area contributed by atoms with Crippen LogP contribution in [0.4, 0.5) is 0 Å². The van der Waals surface area contributed by atoms with E-state index in [1.54, 1.807) is 6.92 Å². The summed E-state index contributed by atoms with van der Waals surface area (Å²) in [4.78, 5) is 15.3. The van der Waals surface area contributed by atoms with E-state index >= 15 is 0 Å². The molecule has 5 nitrogen and oxygen atoms in total. The summed E-state index contributed by atoms with van der Waals surface area (Å²) in [6.07, 6.45) is 0.906. The monoisotopic (exact) mass is 318 g/mol. The van der Waals surface area contributed by atoms with Gasteiger partial charge in [-0.3, -0.25) is 4.79 Å². The average molecular weight is 319 g/mol. The summed E-state index contributed by atoms with van der Waals surface area (Å²) in [5.74, 6) is 0.168. The number of aromatic amines is 1. The standard InChI is InChI=1S/C13H20Cl2N4O/c1-7-10(14)11(15)12(18-7)13(20)19-9-3-4-17-6-8(9)5-16-2/h8-9,16-18H,3-6H2,1-2H3,(H,19,20)/t8-,9+/m1/s1. The van der Waals surface area contributed by atoms with E-state index in [9.17, 15) is 4.79 Å². The van der Waals surface area contributed by atoms with Crippen LogP contribution in [0.25, 0.3) is 0 Å². The lowest BCUT2D eigenvalue weighted by molar-refractivity contribution is 0.0906. The van der Waals surface area contributed by atoms with E-state index in [0.29, 0.717) is 27.4 Å². The van der Waals surface area contributed by atoms with Crippen LogP contribution in [-0.4, -0.2) is 43.6 Å². The number of aromatic nitrogens is 1. The minimum atomic E-state index is -0.196. The Morgan fingerprint density at radius 1 is 1.40 bits per heavy atom. The Bertz CT molecular complexity index is 487. The van der Waals surface area contributed by atoms with Crippen LogP contribution < -0.4 is 16.0 Å². The molecule has 112 valence electrons. The molecule has 1 fully saturated rings. The molecular formula is C13H20Cl2N4O. The Morgan fingerprint density at radius 2 is 2.15 bits per heavy atom. The van der Waals surface area contributed by atoms with Gasteiger partial charge in [0, 0.05) is 30.7 Å². The molecule has 2 atom stereocenters. The number of carbonyl (C=O) groups is 1. The quantitative estimate of drug-likeness (QED) is 0.681. The fraction of sp³-hybridized carbons (Fsp3) is 0.615. The third kappa shape index (κ3) is 3.28. The van der Waals surface area contributed by atoms with Gasteiger partial charge >= 0.3 is 0 Å². The van der Waals surface area contributed by atoms with E-state index < -0.39 is 0 Å². The summed E-state index contributed by atoms with van der Waals surface area (Å²) in [5.41, 5.74) is 1.05. The molecule has 7 heteroatoms.